The molecule has 3 aromatic rings. The SMILES string of the molecule is COc1ccccc1N=c1scc(-c2ccco2)n1C1CC1. The van der Waals surface area contributed by atoms with Crippen LogP contribution in [0, 0.1) is 0 Å². The Bertz CT molecular complexity index is 842. The molecule has 1 aliphatic rings. The van der Waals surface area contributed by atoms with Gasteiger partial charge in [0, 0.05) is 11.4 Å². The highest BCUT2D eigenvalue weighted by Crippen LogP contribution is 2.38. The molecule has 0 unspecified atom stereocenters. The van der Waals surface area contributed by atoms with Crippen molar-refractivity contribution in [3.05, 3.63) is 52.8 Å². The largest absolute Gasteiger partial charge is 0.494 e. The number of hydrogen-bond donors (Lipinski definition) is 0. The number of aromatic nitrogens is 1. The number of ether oxygens (including phenoxy) is 1. The zero-order chi connectivity index (χ0) is 14.9. The molecule has 5 heteroatoms. The summed E-state index contributed by atoms with van der Waals surface area (Å²) in [4.78, 5) is 5.80. The van der Waals surface area contributed by atoms with Crippen LogP contribution in [0.25, 0.3) is 11.5 Å². The smallest absolute Gasteiger partial charge is 0.190 e. The third-order valence-electron chi connectivity index (χ3n) is 3.73. The molecule has 0 amide bonds. The number of nitrogens with zero attached hydrogens (tertiary/aromatic N) is 2. The molecule has 0 bridgehead atoms. The van der Waals surface area contributed by atoms with E-state index in [2.05, 4.69) is 9.95 Å². The van der Waals surface area contributed by atoms with Crippen molar-refractivity contribution < 1.29 is 9.15 Å². The normalized spacial score (nSPS) is 15.2. The summed E-state index contributed by atoms with van der Waals surface area (Å²) in [5.74, 6) is 1.68. The molecule has 4 nitrogen and oxygen atoms in total. The Morgan fingerprint density at radius 2 is 2.09 bits per heavy atom. The summed E-state index contributed by atoms with van der Waals surface area (Å²) < 4.78 is 13.2. The first-order chi connectivity index (χ1) is 10.9. The second-order valence-corrected chi connectivity index (χ2v) is 6.10. The molecule has 1 fully saturated rings. The summed E-state index contributed by atoms with van der Waals surface area (Å²) in [6.45, 7) is 0. The summed E-state index contributed by atoms with van der Waals surface area (Å²) in [6, 6.07) is 12.3. The van der Waals surface area contributed by atoms with Gasteiger partial charge in [0.25, 0.3) is 0 Å². The molecule has 22 heavy (non-hydrogen) atoms. The second kappa shape index (κ2) is 5.50. The van der Waals surface area contributed by atoms with Gasteiger partial charge >= 0.3 is 0 Å². The summed E-state index contributed by atoms with van der Waals surface area (Å²) in [6.07, 6.45) is 4.11. The van der Waals surface area contributed by atoms with Crippen LogP contribution in [0.1, 0.15) is 18.9 Å². The van der Waals surface area contributed by atoms with Gasteiger partial charge in [-0.1, -0.05) is 12.1 Å². The molecule has 1 aromatic carbocycles. The first kappa shape index (κ1) is 13.4. The minimum atomic E-state index is 0.528. The summed E-state index contributed by atoms with van der Waals surface area (Å²) in [5, 5.41) is 2.12. The average Bonchev–Trinajstić information content (AvgIpc) is 3.08. The van der Waals surface area contributed by atoms with E-state index in [0.717, 1.165) is 27.7 Å². The topological polar surface area (TPSA) is 39.7 Å². The van der Waals surface area contributed by atoms with Gasteiger partial charge < -0.3 is 13.7 Å². The van der Waals surface area contributed by atoms with Crippen molar-refractivity contribution in [1.82, 2.24) is 4.57 Å². The highest BCUT2D eigenvalue weighted by Gasteiger charge is 2.28. The molecule has 112 valence electrons. The van der Waals surface area contributed by atoms with E-state index in [1.54, 1.807) is 24.7 Å². The van der Waals surface area contributed by atoms with E-state index in [0.29, 0.717) is 6.04 Å². The van der Waals surface area contributed by atoms with Crippen LogP contribution in [-0.2, 0) is 0 Å². The molecule has 0 radical (unpaired) electrons. The van der Waals surface area contributed by atoms with Crippen LogP contribution in [-0.4, -0.2) is 11.7 Å². The van der Waals surface area contributed by atoms with Crippen LogP contribution in [0.15, 0.2) is 57.5 Å². The van der Waals surface area contributed by atoms with Gasteiger partial charge in [0.05, 0.1) is 19.1 Å². The Morgan fingerprint density at radius 3 is 2.82 bits per heavy atom. The Balaban J connectivity index is 1.87. The minimum absolute atomic E-state index is 0.528. The molecule has 0 atom stereocenters. The highest BCUT2D eigenvalue weighted by atomic mass is 32.1. The Kier molecular flexibility index (Phi) is 3.35. The summed E-state index contributed by atoms with van der Waals surface area (Å²) in [7, 11) is 1.67. The van der Waals surface area contributed by atoms with Crippen molar-refractivity contribution in [3.8, 4) is 17.2 Å². The fraction of sp³-hybridized carbons (Fsp3) is 0.235. The molecule has 2 heterocycles. The van der Waals surface area contributed by atoms with Gasteiger partial charge in [0.2, 0.25) is 0 Å². The number of hydrogen-bond acceptors (Lipinski definition) is 4. The van der Waals surface area contributed by atoms with Crippen molar-refractivity contribution in [1.29, 1.82) is 0 Å². The fourth-order valence-electron chi connectivity index (χ4n) is 2.52. The van der Waals surface area contributed by atoms with Crippen molar-refractivity contribution in [3.63, 3.8) is 0 Å². The second-order valence-electron chi connectivity index (χ2n) is 5.27. The molecule has 0 N–H and O–H groups in total. The summed E-state index contributed by atoms with van der Waals surface area (Å²) >= 11 is 1.64. The van der Waals surface area contributed by atoms with Gasteiger partial charge in [0.15, 0.2) is 10.6 Å². The van der Waals surface area contributed by atoms with Gasteiger partial charge in [-0.25, -0.2) is 4.99 Å². The maximum absolute atomic E-state index is 5.57. The first-order valence-corrected chi connectivity index (χ1v) is 8.16. The number of benzene rings is 1. The molecular formula is C17H16N2O2S. The Labute approximate surface area is 132 Å². The van der Waals surface area contributed by atoms with Crippen LogP contribution in [0.5, 0.6) is 5.75 Å². The lowest BCUT2D eigenvalue weighted by molar-refractivity contribution is 0.416. The third kappa shape index (κ3) is 2.37. The Morgan fingerprint density at radius 1 is 1.23 bits per heavy atom. The van der Waals surface area contributed by atoms with E-state index in [9.17, 15) is 0 Å². The van der Waals surface area contributed by atoms with E-state index in [1.165, 1.54) is 12.8 Å². The van der Waals surface area contributed by atoms with E-state index in [4.69, 9.17) is 14.1 Å². The number of furan rings is 1. The van der Waals surface area contributed by atoms with Crippen molar-refractivity contribution in [2.45, 2.75) is 18.9 Å². The van der Waals surface area contributed by atoms with Gasteiger partial charge in [-0.05, 0) is 37.1 Å². The minimum Gasteiger partial charge on any atom is -0.494 e. The van der Waals surface area contributed by atoms with Crippen molar-refractivity contribution >= 4 is 17.0 Å². The Hall–Kier alpha value is -2.27. The molecular weight excluding hydrogens is 296 g/mol. The molecule has 1 aliphatic carbocycles. The number of rotatable bonds is 4. The maximum atomic E-state index is 5.57. The van der Waals surface area contributed by atoms with E-state index >= 15 is 0 Å². The predicted molar refractivity (Wildman–Crippen MR) is 86.5 cm³/mol. The third-order valence-corrected chi connectivity index (χ3v) is 4.57. The quantitative estimate of drug-likeness (QED) is 0.717. The van der Waals surface area contributed by atoms with Gasteiger partial charge in [0.1, 0.15) is 11.4 Å². The zero-order valence-electron chi connectivity index (χ0n) is 12.2. The van der Waals surface area contributed by atoms with E-state index in [-0.39, 0.29) is 0 Å². The molecule has 0 saturated heterocycles. The van der Waals surface area contributed by atoms with Gasteiger partial charge in [-0.15, -0.1) is 11.3 Å². The number of para-hydroxylation sites is 2. The number of methoxy groups -OCH3 is 1. The van der Waals surface area contributed by atoms with Crippen molar-refractivity contribution in [2.24, 2.45) is 4.99 Å². The molecule has 4 rings (SSSR count). The lowest BCUT2D eigenvalue weighted by Crippen LogP contribution is -2.14. The van der Waals surface area contributed by atoms with E-state index in [1.807, 2.05) is 36.4 Å². The molecule has 0 spiro atoms. The van der Waals surface area contributed by atoms with Crippen LogP contribution >= 0.6 is 11.3 Å². The van der Waals surface area contributed by atoms with E-state index < -0.39 is 0 Å². The standard InChI is InChI=1S/C17H16N2O2S/c1-20-15-6-3-2-5-13(15)18-17-19(12-8-9-12)14(11-22-17)16-7-4-10-21-16/h2-7,10-12H,8-9H2,1H3. The zero-order valence-corrected chi connectivity index (χ0v) is 13.0. The highest BCUT2D eigenvalue weighted by molar-refractivity contribution is 7.07. The van der Waals surface area contributed by atoms with Gasteiger partial charge in [-0.3, -0.25) is 0 Å². The monoisotopic (exact) mass is 312 g/mol. The lowest BCUT2D eigenvalue weighted by Gasteiger charge is -2.06. The molecule has 1 saturated carbocycles. The van der Waals surface area contributed by atoms with Crippen molar-refractivity contribution in [2.75, 3.05) is 7.11 Å². The predicted octanol–water partition coefficient (Wildman–Crippen LogP) is 4.39. The van der Waals surface area contributed by atoms with Gasteiger partial charge in [-0.2, -0.15) is 0 Å². The first-order valence-electron chi connectivity index (χ1n) is 7.28. The lowest BCUT2D eigenvalue weighted by atomic mass is 10.3. The number of thiazole rings is 1. The van der Waals surface area contributed by atoms with Crippen LogP contribution in [0.2, 0.25) is 0 Å². The summed E-state index contributed by atoms with van der Waals surface area (Å²) in [5.41, 5.74) is 1.96. The molecule has 0 aliphatic heterocycles. The molecule has 2 aromatic heterocycles. The van der Waals surface area contributed by atoms with Crippen LogP contribution < -0.4 is 9.54 Å². The average molecular weight is 312 g/mol. The van der Waals surface area contributed by atoms with Crippen LogP contribution in [0.4, 0.5) is 5.69 Å². The fourth-order valence-corrected chi connectivity index (χ4v) is 3.48. The maximum Gasteiger partial charge on any atom is 0.190 e. The van der Waals surface area contributed by atoms with Crippen LogP contribution in [0.3, 0.4) is 0 Å².